The van der Waals surface area contributed by atoms with Gasteiger partial charge in [-0.3, -0.25) is 4.79 Å². The first-order valence-electron chi connectivity index (χ1n) is 6.40. The fourth-order valence-electron chi connectivity index (χ4n) is 2.19. The molecule has 0 saturated carbocycles. The van der Waals surface area contributed by atoms with E-state index in [1.165, 1.54) is 0 Å². The molecule has 1 aromatic rings. The highest BCUT2D eigenvalue weighted by molar-refractivity contribution is 7.99. The van der Waals surface area contributed by atoms with Gasteiger partial charge in [-0.05, 0) is 18.2 Å². The summed E-state index contributed by atoms with van der Waals surface area (Å²) in [6.07, 6.45) is 2.45. The second-order valence-electron chi connectivity index (χ2n) is 4.85. The van der Waals surface area contributed by atoms with E-state index in [-0.39, 0.29) is 18.1 Å². The van der Waals surface area contributed by atoms with Gasteiger partial charge in [0.25, 0.3) is 5.91 Å². The van der Waals surface area contributed by atoms with Crippen molar-refractivity contribution >= 4 is 17.7 Å². The van der Waals surface area contributed by atoms with Gasteiger partial charge in [0.2, 0.25) is 5.88 Å². The third-order valence-electron chi connectivity index (χ3n) is 3.31. The number of aromatic nitrogens is 1. The van der Waals surface area contributed by atoms with Gasteiger partial charge >= 0.3 is 0 Å². The molecule has 2 saturated heterocycles. The maximum absolute atomic E-state index is 12.1. The van der Waals surface area contributed by atoms with Gasteiger partial charge in [0.1, 0.15) is 6.10 Å². The standard InChI is InChI=1S/C13H16N2O3S/c16-10-6-15(7-10)13(17)9-1-3-14-12(5-9)18-11-2-4-19-8-11/h1,3,5,10-11,16H,2,4,6-8H2. The van der Waals surface area contributed by atoms with Gasteiger partial charge in [-0.2, -0.15) is 11.8 Å². The number of nitrogens with zero attached hydrogens (tertiary/aromatic N) is 2. The van der Waals surface area contributed by atoms with Crippen molar-refractivity contribution in [2.75, 3.05) is 24.6 Å². The molecule has 1 atom stereocenters. The monoisotopic (exact) mass is 280 g/mol. The van der Waals surface area contributed by atoms with Crippen LogP contribution in [0.1, 0.15) is 16.8 Å². The largest absolute Gasteiger partial charge is 0.473 e. The highest BCUT2D eigenvalue weighted by atomic mass is 32.2. The van der Waals surface area contributed by atoms with Gasteiger partial charge in [-0.1, -0.05) is 0 Å². The van der Waals surface area contributed by atoms with Crippen molar-refractivity contribution in [3.05, 3.63) is 23.9 Å². The third-order valence-corrected chi connectivity index (χ3v) is 4.44. The van der Waals surface area contributed by atoms with E-state index >= 15 is 0 Å². The Kier molecular flexibility index (Phi) is 3.61. The minimum Gasteiger partial charge on any atom is -0.473 e. The first-order chi connectivity index (χ1) is 9.22. The van der Waals surface area contributed by atoms with E-state index in [1.807, 2.05) is 11.8 Å². The van der Waals surface area contributed by atoms with Crippen LogP contribution in [-0.4, -0.2) is 57.7 Å². The van der Waals surface area contributed by atoms with Crippen molar-refractivity contribution in [1.82, 2.24) is 9.88 Å². The number of hydrogen-bond acceptors (Lipinski definition) is 5. The molecule has 2 aliphatic heterocycles. The van der Waals surface area contributed by atoms with Crippen LogP contribution < -0.4 is 4.74 Å². The Hall–Kier alpha value is -1.27. The topological polar surface area (TPSA) is 62.7 Å². The zero-order valence-corrected chi connectivity index (χ0v) is 11.3. The molecule has 19 heavy (non-hydrogen) atoms. The van der Waals surface area contributed by atoms with E-state index in [4.69, 9.17) is 4.74 Å². The number of rotatable bonds is 3. The first-order valence-corrected chi connectivity index (χ1v) is 7.55. The number of carbonyl (C=O) groups excluding carboxylic acids is 1. The summed E-state index contributed by atoms with van der Waals surface area (Å²) < 4.78 is 5.77. The number of β-amino-alcohol motifs (C(OH)–C–C–N with tert-alkyl or cyclic N) is 1. The molecule has 0 aliphatic carbocycles. The Balaban J connectivity index is 1.67. The predicted octanol–water partition coefficient (Wildman–Crippen LogP) is 0.783. The third kappa shape index (κ3) is 2.84. The molecule has 0 spiro atoms. The summed E-state index contributed by atoms with van der Waals surface area (Å²) in [6.45, 7) is 0.827. The van der Waals surface area contributed by atoms with Crippen LogP contribution in [0, 0.1) is 0 Å². The van der Waals surface area contributed by atoms with Crippen LogP contribution in [0.25, 0.3) is 0 Å². The summed E-state index contributed by atoms with van der Waals surface area (Å²) in [5.74, 6) is 2.55. The summed E-state index contributed by atoms with van der Waals surface area (Å²) in [6, 6.07) is 3.37. The van der Waals surface area contributed by atoms with Crippen molar-refractivity contribution in [1.29, 1.82) is 0 Å². The van der Waals surface area contributed by atoms with Crippen LogP contribution in [0.3, 0.4) is 0 Å². The molecule has 6 heteroatoms. The minimum absolute atomic E-state index is 0.0710. The molecular formula is C13H16N2O3S. The number of aliphatic hydroxyl groups is 1. The van der Waals surface area contributed by atoms with Crippen molar-refractivity contribution in [3.63, 3.8) is 0 Å². The molecule has 1 amide bonds. The smallest absolute Gasteiger partial charge is 0.254 e. The summed E-state index contributed by atoms with van der Waals surface area (Å²) >= 11 is 1.87. The molecule has 3 heterocycles. The Labute approximate surface area is 116 Å². The van der Waals surface area contributed by atoms with Gasteiger partial charge in [0, 0.05) is 36.7 Å². The molecular weight excluding hydrogens is 264 g/mol. The van der Waals surface area contributed by atoms with Crippen LogP contribution in [0.15, 0.2) is 18.3 Å². The highest BCUT2D eigenvalue weighted by Gasteiger charge is 2.29. The Morgan fingerprint density at radius 3 is 3.05 bits per heavy atom. The number of pyridine rings is 1. The van der Waals surface area contributed by atoms with Gasteiger partial charge < -0.3 is 14.7 Å². The maximum Gasteiger partial charge on any atom is 0.254 e. The van der Waals surface area contributed by atoms with Crippen molar-refractivity contribution in [2.24, 2.45) is 0 Å². The summed E-state index contributed by atoms with van der Waals surface area (Å²) in [7, 11) is 0. The van der Waals surface area contributed by atoms with E-state index in [0.717, 1.165) is 17.9 Å². The molecule has 102 valence electrons. The normalized spacial score (nSPS) is 23.2. The molecule has 2 fully saturated rings. The van der Waals surface area contributed by atoms with Crippen molar-refractivity contribution in [2.45, 2.75) is 18.6 Å². The lowest BCUT2D eigenvalue weighted by Crippen LogP contribution is -2.53. The molecule has 1 aromatic heterocycles. The molecule has 2 aliphatic rings. The maximum atomic E-state index is 12.1. The number of ether oxygens (including phenoxy) is 1. The second kappa shape index (κ2) is 5.38. The average molecular weight is 280 g/mol. The van der Waals surface area contributed by atoms with E-state index in [9.17, 15) is 9.90 Å². The lowest BCUT2D eigenvalue weighted by molar-refractivity contribution is 0.00585. The number of aliphatic hydroxyl groups excluding tert-OH is 1. The first kappa shape index (κ1) is 12.7. The molecule has 3 rings (SSSR count). The second-order valence-corrected chi connectivity index (χ2v) is 6.00. The molecule has 1 N–H and O–H groups in total. The number of carbonyl (C=O) groups is 1. The van der Waals surface area contributed by atoms with Crippen LogP contribution in [0.5, 0.6) is 5.88 Å². The fraction of sp³-hybridized carbons (Fsp3) is 0.538. The van der Waals surface area contributed by atoms with Crippen LogP contribution in [0.4, 0.5) is 0 Å². The fourth-order valence-corrected chi connectivity index (χ4v) is 3.28. The molecule has 0 radical (unpaired) electrons. The molecule has 5 nitrogen and oxygen atoms in total. The number of hydrogen-bond donors (Lipinski definition) is 1. The zero-order valence-electron chi connectivity index (χ0n) is 10.5. The Bertz CT molecular complexity index is 471. The molecule has 0 aromatic carbocycles. The predicted molar refractivity (Wildman–Crippen MR) is 72.5 cm³/mol. The minimum atomic E-state index is -0.378. The molecule has 1 unspecified atom stereocenters. The van der Waals surface area contributed by atoms with Gasteiger partial charge in [-0.15, -0.1) is 0 Å². The summed E-state index contributed by atoms with van der Waals surface area (Å²) in [5.41, 5.74) is 0.572. The van der Waals surface area contributed by atoms with E-state index in [2.05, 4.69) is 4.98 Å². The van der Waals surface area contributed by atoms with Crippen LogP contribution in [-0.2, 0) is 0 Å². The quantitative estimate of drug-likeness (QED) is 0.886. The van der Waals surface area contributed by atoms with Crippen LogP contribution >= 0.6 is 11.8 Å². The number of amides is 1. The highest BCUT2D eigenvalue weighted by Crippen LogP contribution is 2.23. The van der Waals surface area contributed by atoms with E-state index in [0.29, 0.717) is 24.5 Å². The Morgan fingerprint density at radius 2 is 2.37 bits per heavy atom. The van der Waals surface area contributed by atoms with Gasteiger partial charge in [0.15, 0.2) is 0 Å². The Morgan fingerprint density at radius 1 is 1.53 bits per heavy atom. The number of likely N-dealkylation sites (tertiary alicyclic amines) is 1. The summed E-state index contributed by atoms with van der Waals surface area (Å²) in [5, 5.41) is 9.23. The van der Waals surface area contributed by atoms with E-state index in [1.54, 1.807) is 23.2 Å². The van der Waals surface area contributed by atoms with Crippen LogP contribution in [0.2, 0.25) is 0 Å². The number of thioether (sulfide) groups is 1. The van der Waals surface area contributed by atoms with E-state index < -0.39 is 0 Å². The van der Waals surface area contributed by atoms with Gasteiger partial charge in [-0.25, -0.2) is 4.98 Å². The summed E-state index contributed by atoms with van der Waals surface area (Å²) in [4.78, 5) is 17.9. The zero-order chi connectivity index (χ0) is 13.2. The molecule has 0 bridgehead atoms. The lowest BCUT2D eigenvalue weighted by atomic mass is 10.1. The SMILES string of the molecule is O=C(c1ccnc(OC2CCSC2)c1)N1CC(O)C1. The lowest BCUT2D eigenvalue weighted by Gasteiger charge is -2.35. The van der Waals surface area contributed by atoms with Gasteiger partial charge in [0.05, 0.1) is 6.10 Å². The van der Waals surface area contributed by atoms with Crippen molar-refractivity contribution < 1.29 is 14.6 Å². The van der Waals surface area contributed by atoms with Crippen molar-refractivity contribution in [3.8, 4) is 5.88 Å². The average Bonchev–Trinajstić information content (AvgIpc) is 2.87.